The van der Waals surface area contributed by atoms with Crippen LogP contribution in [0.1, 0.15) is 37.9 Å². The average molecular weight is 283 g/mol. The van der Waals surface area contributed by atoms with Crippen LogP contribution >= 0.6 is 11.6 Å². The summed E-state index contributed by atoms with van der Waals surface area (Å²) >= 11 is 5.96. The lowest BCUT2D eigenvalue weighted by Gasteiger charge is -2.33. The molecule has 2 heterocycles. The number of aryl methyl sites for hydroxylation is 1. The summed E-state index contributed by atoms with van der Waals surface area (Å²) in [6.45, 7) is 7.04. The summed E-state index contributed by atoms with van der Waals surface area (Å²) in [7, 11) is 0. The highest BCUT2D eigenvalue weighted by molar-refractivity contribution is 6.17. The first-order valence-corrected chi connectivity index (χ1v) is 7.72. The van der Waals surface area contributed by atoms with E-state index in [0.29, 0.717) is 12.0 Å². The first-order chi connectivity index (χ1) is 9.26. The molecule has 4 heteroatoms. The number of nitrogens with zero attached hydrogens (tertiary/aromatic N) is 2. The Morgan fingerprint density at radius 3 is 2.63 bits per heavy atom. The minimum absolute atomic E-state index is 0.420. The van der Waals surface area contributed by atoms with E-state index in [1.165, 1.54) is 0 Å². The Labute approximate surface area is 120 Å². The molecule has 0 amide bonds. The summed E-state index contributed by atoms with van der Waals surface area (Å²) in [5.41, 5.74) is 2.29. The fourth-order valence-corrected chi connectivity index (χ4v) is 2.70. The molecule has 0 saturated carbocycles. The van der Waals surface area contributed by atoms with Crippen molar-refractivity contribution in [2.45, 2.75) is 45.1 Å². The molecule has 0 aromatic carbocycles. The number of anilines is 1. The van der Waals surface area contributed by atoms with Gasteiger partial charge in [0.1, 0.15) is 5.82 Å². The number of piperidine rings is 1. The molecule has 0 atom stereocenters. The number of rotatable bonds is 5. The van der Waals surface area contributed by atoms with Crippen molar-refractivity contribution in [2.75, 3.05) is 24.6 Å². The molecule has 0 spiro atoms. The highest BCUT2D eigenvalue weighted by atomic mass is 35.5. The van der Waals surface area contributed by atoms with Gasteiger partial charge in [-0.1, -0.05) is 6.92 Å². The second-order valence-corrected chi connectivity index (χ2v) is 5.22. The third-order valence-electron chi connectivity index (χ3n) is 3.61. The number of hydrogen-bond donors (Lipinski definition) is 0. The molecule has 1 aromatic rings. The van der Waals surface area contributed by atoms with Crippen LogP contribution in [0.25, 0.3) is 0 Å². The van der Waals surface area contributed by atoms with Crippen LogP contribution in [-0.2, 0) is 17.0 Å². The maximum atomic E-state index is 5.96. The quantitative estimate of drug-likeness (QED) is 0.774. The summed E-state index contributed by atoms with van der Waals surface area (Å²) in [6.07, 6.45) is 3.54. The van der Waals surface area contributed by atoms with Crippen LogP contribution in [0.3, 0.4) is 0 Å². The zero-order chi connectivity index (χ0) is 13.7. The van der Waals surface area contributed by atoms with E-state index in [-0.39, 0.29) is 0 Å². The number of ether oxygens (including phenoxy) is 1. The standard InChI is InChI=1S/C15H23ClN2O/c1-3-13-9-12(11-16)10-15(17-13)18-7-5-14(6-8-18)19-4-2/h9-10,14H,3-8,11H2,1-2H3. The molecule has 3 nitrogen and oxygen atoms in total. The van der Waals surface area contributed by atoms with Crippen LogP contribution in [0.4, 0.5) is 5.82 Å². The Morgan fingerprint density at radius 2 is 2.05 bits per heavy atom. The molecule has 106 valence electrons. The van der Waals surface area contributed by atoms with E-state index in [1.807, 2.05) is 0 Å². The first kappa shape index (κ1) is 14.6. The van der Waals surface area contributed by atoms with Crippen LogP contribution in [-0.4, -0.2) is 30.8 Å². The van der Waals surface area contributed by atoms with Gasteiger partial charge in [-0.15, -0.1) is 11.6 Å². The lowest BCUT2D eigenvalue weighted by Crippen LogP contribution is -2.37. The first-order valence-electron chi connectivity index (χ1n) is 7.19. The third kappa shape index (κ3) is 3.83. The van der Waals surface area contributed by atoms with Crippen LogP contribution in [0.15, 0.2) is 12.1 Å². The van der Waals surface area contributed by atoms with Crippen molar-refractivity contribution in [1.29, 1.82) is 0 Å². The van der Waals surface area contributed by atoms with Gasteiger partial charge in [0.25, 0.3) is 0 Å². The van der Waals surface area contributed by atoms with Gasteiger partial charge in [-0.25, -0.2) is 4.98 Å². The highest BCUT2D eigenvalue weighted by Crippen LogP contribution is 2.22. The molecule has 1 aliphatic heterocycles. The molecule has 1 saturated heterocycles. The SMILES string of the molecule is CCOC1CCN(c2cc(CCl)cc(CC)n2)CC1. The molecule has 19 heavy (non-hydrogen) atoms. The normalized spacial score (nSPS) is 16.9. The van der Waals surface area contributed by atoms with Crippen molar-refractivity contribution >= 4 is 17.4 Å². The third-order valence-corrected chi connectivity index (χ3v) is 3.92. The summed E-state index contributed by atoms with van der Waals surface area (Å²) in [6, 6.07) is 4.22. The molecular weight excluding hydrogens is 260 g/mol. The molecule has 1 aromatic heterocycles. The summed E-state index contributed by atoms with van der Waals surface area (Å²) in [5, 5.41) is 0. The van der Waals surface area contributed by atoms with Crippen molar-refractivity contribution < 1.29 is 4.74 Å². The van der Waals surface area contributed by atoms with Gasteiger partial charge in [-0.2, -0.15) is 0 Å². The van der Waals surface area contributed by atoms with Gasteiger partial charge in [0.2, 0.25) is 0 Å². The highest BCUT2D eigenvalue weighted by Gasteiger charge is 2.20. The minimum Gasteiger partial charge on any atom is -0.378 e. The van der Waals surface area contributed by atoms with E-state index < -0.39 is 0 Å². The molecule has 0 aliphatic carbocycles. The Kier molecular flexibility index (Phi) is 5.46. The molecule has 0 radical (unpaired) electrons. The lowest BCUT2D eigenvalue weighted by molar-refractivity contribution is 0.0458. The number of halogens is 1. The molecule has 1 aliphatic rings. The van der Waals surface area contributed by atoms with E-state index in [4.69, 9.17) is 21.3 Å². The Balaban J connectivity index is 2.06. The number of alkyl halides is 1. The van der Waals surface area contributed by atoms with Crippen LogP contribution in [0, 0.1) is 0 Å². The van der Waals surface area contributed by atoms with Gasteiger partial charge in [0, 0.05) is 31.3 Å². The molecule has 0 N–H and O–H groups in total. The van der Waals surface area contributed by atoms with Gasteiger partial charge in [0.05, 0.1) is 6.10 Å². The Morgan fingerprint density at radius 1 is 1.32 bits per heavy atom. The number of aromatic nitrogens is 1. The molecule has 1 fully saturated rings. The Bertz CT molecular complexity index is 381. The van der Waals surface area contributed by atoms with Gasteiger partial charge in [-0.3, -0.25) is 0 Å². The van der Waals surface area contributed by atoms with Crippen molar-refractivity contribution in [1.82, 2.24) is 4.98 Å². The zero-order valence-corrected chi connectivity index (χ0v) is 12.6. The van der Waals surface area contributed by atoms with Crippen molar-refractivity contribution in [3.8, 4) is 0 Å². The van der Waals surface area contributed by atoms with E-state index in [1.54, 1.807) is 0 Å². The Hall–Kier alpha value is -0.800. The van der Waals surface area contributed by atoms with Gasteiger partial charge >= 0.3 is 0 Å². The van der Waals surface area contributed by atoms with Crippen molar-refractivity contribution in [2.24, 2.45) is 0 Å². The van der Waals surface area contributed by atoms with E-state index in [9.17, 15) is 0 Å². The maximum absolute atomic E-state index is 5.96. The topological polar surface area (TPSA) is 25.4 Å². The predicted octanol–water partition coefficient (Wildman–Crippen LogP) is 3.39. The molecule has 0 bridgehead atoms. The smallest absolute Gasteiger partial charge is 0.129 e. The molecular formula is C15H23ClN2O. The van der Waals surface area contributed by atoms with Crippen molar-refractivity contribution in [3.05, 3.63) is 23.4 Å². The average Bonchev–Trinajstić information content (AvgIpc) is 2.47. The van der Waals surface area contributed by atoms with Gasteiger partial charge in [0.15, 0.2) is 0 Å². The lowest BCUT2D eigenvalue weighted by atomic mass is 10.1. The predicted molar refractivity (Wildman–Crippen MR) is 80.0 cm³/mol. The second-order valence-electron chi connectivity index (χ2n) is 4.95. The number of hydrogen-bond acceptors (Lipinski definition) is 3. The van der Waals surface area contributed by atoms with E-state index >= 15 is 0 Å². The molecule has 0 unspecified atom stereocenters. The van der Waals surface area contributed by atoms with E-state index in [0.717, 1.165) is 56.0 Å². The zero-order valence-electron chi connectivity index (χ0n) is 11.9. The van der Waals surface area contributed by atoms with Crippen LogP contribution in [0.5, 0.6) is 0 Å². The van der Waals surface area contributed by atoms with Crippen LogP contribution in [0.2, 0.25) is 0 Å². The summed E-state index contributed by atoms with van der Waals surface area (Å²) in [5.74, 6) is 1.63. The molecule has 2 rings (SSSR count). The van der Waals surface area contributed by atoms with Crippen LogP contribution < -0.4 is 4.90 Å². The minimum atomic E-state index is 0.420. The number of pyridine rings is 1. The van der Waals surface area contributed by atoms with Gasteiger partial charge in [-0.05, 0) is 43.9 Å². The fourth-order valence-electron chi connectivity index (χ4n) is 2.54. The van der Waals surface area contributed by atoms with Gasteiger partial charge < -0.3 is 9.64 Å². The largest absolute Gasteiger partial charge is 0.378 e. The summed E-state index contributed by atoms with van der Waals surface area (Å²) < 4.78 is 5.69. The fraction of sp³-hybridized carbons (Fsp3) is 0.667. The summed E-state index contributed by atoms with van der Waals surface area (Å²) in [4.78, 5) is 7.07. The monoisotopic (exact) mass is 282 g/mol. The second kappa shape index (κ2) is 7.11. The van der Waals surface area contributed by atoms with Crippen molar-refractivity contribution in [3.63, 3.8) is 0 Å². The van der Waals surface area contributed by atoms with E-state index in [2.05, 4.69) is 30.9 Å². The maximum Gasteiger partial charge on any atom is 0.129 e.